The second-order valence-corrected chi connectivity index (χ2v) is 14.8. The van der Waals surface area contributed by atoms with Crippen LogP contribution < -0.4 is 20.4 Å². The summed E-state index contributed by atoms with van der Waals surface area (Å²) in [5.74, 6) is 1.26. The van der Waals surface area contributed by atoms with Gasteiger partial charge in [-0.2, -0.15) is 4.98 Å². The molecule has 2 fully saturated rings. The minimum atomic E-state index is -3.12. The van der Waals surface area contributed by atoms with Gasteiger partial charge in [-0.25, -0.2) is 22.8 Å². The molecule has 0 spiro atoms. The van der Waals surface area contributed by atoms with Crippen LogP contribution in [0.1, 0.15) is 38.7 Å². The summed E-state index contributed by atoms with van der Waals surface area (Å²) in [4.78, 5) is 30.2. The fraction of sp³-hybridized carbons (Fsp3) is 0.515. The molecule has 2 saturated heterocycles. The van der Waals surface area contributed by atoms with E-state index in [1.807, 2.05) is 24.0 Å². The number of sulfone groups is 1. The Morgan fingerprint density at radius 3 is 2.64 bits per heavy atom. The molecule has 0 aliphatic carbocycles. The van der Waals surface area contributed by atoms with E-state index in [0.717, 1.165) is 22.0 Å². The topological polar surface area (TPSA) is 139 Å². The number of piperidine rings is 1. The molecule has 0 bridgehead atoms. The van der Waals surface area contributed by atoms with Crippen LogP contribution in [0.5, 0.6) is 0 Å². The summed E-state index contributed by atoms with van der Waals surface area (Å²) in [6, 6.07) is 5.58. The summed E-state index contributed by atoms with van der Waals surface area (Å²) >= 11 is 0. The van der Waals surface area contributed by atoms with Crippen LogP contribution in [0.25, 0.3) is 10.8 Å². The Morgan fingerprint density at radius 2 is 1.98 bits per heavy atom. The van der Waals surface area contributed by atoms with Crippen LogP contribution in [0, 0.1) is 5.92 Å². The molecule has 0 saturated carbocycles. The minimum absolute atomic E-state index is 0.00134. The number of nitrogens with one attached hydrogen (secondary N) is 2. The number of alkyl halides is 1. The monoisotopic (exact) mass is 669 g/mol. The van der Waals surface area contributed by atoms with Gasteiger partial charge in [0.05, 0.1) is 31.6 Å². The second kappa shape index (κ2) is 14.5. The van der Waals surface area contributed by atoms with Gasteiger partial charge >= 0.3 is 0 Å². The predicted octanol–water partition coefficient (Wildman–Crippen LogP) is 4.47. The Balaban J connectivity index is 1.44. The van der Waals surface area contributed by atoms with Crippen LogP contribution in [0.2, 0.25) is 0 Å². The number of carbonyl (C=O) groups is 1. The third kappa shape index (κ3) is 7.99. The van der Waals surface area contributed by atoms with Gasteiger partial charge in [-0.15, -0.1) is 0 Å². The van der Waals surface area contributed by atoms with Crippen molar-refractivity contribution in [3.05, 3.63) is 48.8 Å². The van der Waals surface area contributed by atoms with E-state index in [4.69, 9.17) is 14.5 Å². The maximum atomic E-state index is 14.9. The quantitative estimate of drug-likeness (QED) is 0.197. The maximum absolute atomic E-state index is 14.9. The van der Waals surface area contributed by atoms with Crippen molar-refractivity contribution in [2.45, 2.75) is 51.4 Å². The zero-order valence-corrected chi connectivity index (χ0v) is 28.4. The third-order valence-corrected chi connectivity index (χ3v) is 9.81. The van der Waals surface area contributed by atoms with Gasteiger partial charge in [0, 0.05) is 67.6 Å². The number of hydrogen-bond acceptors (Lipinski definition) is 11. The van der Waals surface area contributed by atoms with Crippen LogP contribution in [0.4, 0.5) is 33.3 Å². The highest BCUT2D eigenvalue weighted by molar-refractivity contribution is 7.90. The van der Waals surface area contributed by atoms with Gasteiger partial charge in [0.15, 0.2) is 0 Å². The van der Waals surface area contributed by atoms with Gasteiger partial charge < -0.3 is 29.9 Å². The Morgan fingerprint density at radius 1 is 1.19 bits per heavy atom. The number of amides is 1. The van der Waals surface area contributed by atoms with Crippen molar-refractivity contribution in [2.24, 2.45) is 5.92 Å². The highest BCUT2D eigenvalue weighted by atomic mass is 32.2. The third-order valence-electron chi connectivity index (χ3n) is 8.78. The standard InChI is InChI=1S/C33H44FN7O5S/c1-7-31(42)37-26-15-27(41-17-22(21(41)4)19-47(6,43)44)24-16-36-30(14-23(24)32(26)20(2)3)38-29-8-10-35-33(39-29)40-11-9-28(25(34)18-40)46-13-12-45-5/h7-8,10,14-16,20-22,25,28H,1,9,11-13,17-19H2,2-6H3,(H,37,42)(H,35,36,38,39)/t21-,22-,25+,28-/m1/s1. The molecule has 4 atom stereocenters. The highest BCUT2D eigenvalue weighted by Gasteiger charge is 2.39. The first kappa shape index (κ1) is 34.5. The van der Waals surface area contributed by atoms with E-state index in [2.05, 4.69) is 45.9 Å². The Bertz CT molecular complexity index is 1720. The molecule has 0 unspecified atom stereocenters. The lowest BCUT2D eigenvalue weighted by Crippen LogP contribution is -2.57. The zero-order chi connectivity index (χ0) is 33.9. The fourth-order valence-electron chi connectivity index (χ4n) is 6.36. The predicted molar refractivity (Wildman–Crippen MR) is 183 cm³/mol. The van der Waals surface area contributed by atoms with Crippen molar-refractivity contribution in [1.82, 2.24) is 15.0 Å². The molecule has 3 aromatic rings. The number of benzene rings is 1. The number of anilines is 5. The number of fused-ring (bicyclic) bond motifs is 1. The maximum Gasteiger partial charge on any atom is 0.247 e. The summed E-state index contributed by atoms with van der Waals surface area (Å²) in [6.45, 7) is 11.7. The minimum Gasteiger partial charge on any atom is -0.382 e. The summed E-state index contributed by atoms with van der Waals surface area (Å²) in [5, 5.41) is 8.03. The molecule has 14 heteroatoms. The molecule has 254 valence electrons. The van der Waals surface area contributed by atoms with Gasteiger partial charge in [0.25, 0.3) is 0 Å². The smallest absolute Gasteiger partial charge is 0.247 e. The first-order valence-corrected chi connectivity index (χ1v) is 17.9. The van der Waals surface area contributed by atoms with E-state index in [0.29, 0.717) is 56.0 Å². The summed E-state index contributed by atoms with van der Waals surface area (Å²) in [7, 11) is -1.54. The van der Waals surface area contributed by atoms with Crippen molar-refractivity contribution in [3.8, 4) is 0 Å². The van der Waals surface area contributed by atoms with E-state index in [9.17, 15) is 17.6 Å². The van der Waals surface area contributed by atoms with E-state index >= 15 is 0 Å². The first-order valence-electron chi connectivity index (χ1n) is 15.8. The SMILES string of the molecule is C=CC(=O)Nc1cc(N2C[C@H](CS(C)(=O)=O)[C@H]2C)c2cnc(Nc3ccnc(N4CC[C@@H](OCCOC)[C@@H](F)C4)n3)cc2c1C(C)C. The lowest BCUT2D eigenvalue weighted by molar-refractivity contribution is -0.111. The van der Waals surface area contributed by atoms with Gasteiger partial charge in [-0.1, -0.05) is 20.4 Å². The lowest BCUT2D eigenvalue weighted by Gasteiger charge is -2.48. The van der Waals surface area contributed by atoms with Crippen molar-refractivity contribution in [1.29, 1.82) is 0 Å². The van der Waals surface area contributed by atoms with E-state index < -0.39 is 22.1 Å². The van der Waals surface area contributed by atoms with Crippen molar-refractivity contribution >= 4 is 55.5 Å². The van der Waals surface area contributed by atoms with Crippen LogP contribution in [-0.4, -0.2) is 99.6 Å². The van der Waals surface area contributed by atoms with Crippen molar-refractivity contribution in [3.63, 3.8) is 0 Å². The number of aromatic nitrogens is 3. The molecule has 1 aromatic carbocycles. The Kier molecular flexibility index (Phi) is 10.6. The van der Waals surface area contributed by atoms with Gasteiger partial charge in [-0.05, 0) is 54.5 Å². The zero-order valence-electron chi connectivity index (χ0n) is 27.6. The molecular formula is C33H44FN7O5S. The van der Waals surface area contributed by atoms with E-state index in [1.165, 1.54) is 12.3 Å². The second-order valence-electron chi connectivity index (χ2n) is 12.6. The van der Waals surface area contributed by atoms with Crippen LogP contribution in [0.15, 0.2) is 43.2 Å². The molecule has 2 aliphatic heterocycles. The molecule has 5 rings (SSSR count). The number of rotatable bonds is 13. The van der Waals surface area contributed by atoms with Crippen LogP contribution >= 0.6 is 0 Å². The lowest BCUT2D eigenvalue weighted by atomic mass is 9.88. The van der Waals surface area contributed by atoms with Crippen molar-refractivity contribution in [2.75, 3.05) is 72.4 Å². The molecule has 0 radical (unpaired) electrons. The summed E-state index contributed by atoms with van der Waals surface area (Å²) in [6.07, 6.45) is 4.74. The van der Waals surface area contributed by atoms with Crippen LogP contribution in [0.3, 0.4) is 0 Å². The number of halogens is 1. The average molecular weight is 670 g/mol. The van der Waals surface area contributed by atoms with Gasteiger partial charge in [0.1, 0.15) is 27.6 Å². The van der Waals surface area contributed by atoms with Crippen molar-refractivity contribution < 1.29 is 27.1 Å². The molecule has 4 heterocycles. The number of carbonyl (C=O) groups excluding carboxylic acids is 1. The molecule has 1 amide bonds. The Hall–Kier alpha value is -3.88. The number of pyridine rings is 1. The normalized spacial score (nSPS) is 21.5. The van der Waals surface area contributed by atoms with E-state index in [-0.39, 0.29) is 36.1 Å². The molecular weight excluding hydrogens is 625 g/mol. The summed E-state index contributed by atoms with van der Waals surface area (Å²) < 4.78 is 49.6. The van der Waals surface area contributed by atoms with E-state index in [1.54, 1.807) is 25.6 Å². The number of hydrogen-bond donors (Lipinski definition) is 2. The summed E-state index contributed by atoms with van der Waals surface area (Å²) in [5.41, 5.74) is 2.45. The fourth-order valence-corrected chi connectivity index (χ4v) is 7.52. The highest BCUT2D eigenvalue weighted by Crippen LogP contribution is 2.43. The van der Waals surface area contributed by atoms with Crippen LogP contribution in [-0.2, 0) is 24.1 Å². The molecule has 2 aliphatic rings. The van der Waals surface area contributed by atoms with Gasteiger partial charge in [0.2, 0.25) is 11.9 Å². The molecule has 47 heavy (non-hydrogen) atoms. The average Bonchev–Trinajstić information content (AvgIpc) is 3.02. The molecule has 2 aromatic heterocycles. The largest absolute Gasteiger partial charge is 0.382 e. The first-order chi connectivity index (χ1) is 22.4. The number of nitrogens with zero attached hydrogens (tertiary/aromatic N) is 5. The molecule has 12 nitrogen and oxygen atoms in total. The molecule has 2 N–H and O–H groups in total. The Labute approximate surface area is 275 Å². The number of methoxy groups -OCH3 is 1. The van der Waals surface area contributed by atoms with Gasteiger partial charge in [-0.3, -0.25) is 4.79 Å². The number of ether oxygens (including phenoxy) is 2.